The van der Waals surface area contributed by atoms with E-state index >= 15 is 0 Å². The monoisotopic (exact) mass is 257 g/mol. The Balaban J connectivity index is 2.41. The Morgan fingerprint density at radius 3 is 2.50 bits per heavy atom. The third kappa shape index (κ3) is 5.25. The lowest BCUT2D eigenvalue weighted by Gasteiger charge is -2.34. The predicted molar refractivity (Wildman–Crippen MR) is 75.8 cm³/mol. The summed E-state index contributed by atoms with van der Waals surface area (Å²) in [6.07, 6.45) is 7.32. The van der Waals surface area contributed by atoms with Gasteiger partial charge in [-0.15, -0.1) is 0 Å². The lowest BCUT2D eigenvalue weighted by Crippen LogP contribution is -2.43. The van der Waals surface area contributed by atoms with E-state index < -0.39 is 0 Å². The predicted octanol–water partition coefficient (Wildman–Crippen LogP) is 2.67. The molecule has 2 unspecified atom stereocenters. The molecule has 1 fully saturated rings. The minimum Gasteiger partial charge on any atom is -0.392 e. The van der Waals surface area contributed by atoms with Crippen LogP contribution in [-0.4, -0.2) is 49.0 Å². The van der Waals surface area contributed by atoms with Gasteiger partial charge in [0.25, 0.3) is 0 Å². The summed E-state index contributed by atoms with van der Waals surface area (Å²) >= 11 is 0. The van der Waals surface area contributed by atoms with E-state index in [1.54, 1.807) is 7.11 Å². The molecule has 0 spiro atoms. The minimum absolute atomic E-state index is 0.156. The summed E-state index contributed by atoms with van der Waals surface area (Å²) in [5.74, 6) is 0.521. The number of nitrogens with zero attached hydrogens (tertiary/aromatic N) is 1. The van der Waals surface area contributed by atoms with Gasteiger partial charge in [0.05, 0.1) is 12.7 Å². The van der Waals surface area contributed by atoms with Gasteiger partial charge in [-0.1, -0.05) is 26.2 Å². The van der Waals surface area contributed by atoms with Gasteiger partial charge in [0.1, 0.15) is 0 Å². The molecule has 1 aliphatic carbocycles. The molecule has 1 rings (SSSR count). The number of aliphatic hydroxyl groups is 1. The van der Waals surface area contributed by atoms with E-state index in [4.69, 9.17) is 4.74 Å². The van der Waals surface area contributed by atoms with Gasteiger partial charge in [0, 0.05) is 26.2 Å². The molecule has 0 amide bonds. The largest absolute Gasteiger partial charge is 0.392 e. The van der Waals surface area contributed by atoms with Gasteiger partial charge >= 0.3 is 0 Å². The van der Waals surface area contributed by atoms with Crippen LogP contribution in [0.15, 0.2) is 0 Å². The molecule has 3 nitrogen and oxygen atoms in total. The van der Waals surface area contributed by atoms with Crippen molar-refractivity contribution in [2.45, 2.75) is 64.5 Å². The Labute approximate surface area is 113 Å². The molecule has 0 aromatic heterocycles. The molecule has 0 aliphatic heterocycles. The minimum atomic E-state index is -0.156. The fraction of sp³-hybridized carbons (Fsp3) is 1.00. The second-order valence-electron chi connectivity index (χ2n) is 5.71. The van der Waals surface area contributed by atoms with Crippen LogP contribution in [0.1, 0.15) is 52.4 Å². The Bertz CT molecular complexity index is 205. The maximum absolute atomic E-state index is 10.4. The normalized spacial score (nSPS) is 21.2. The van der Waals surface area contributed by atoms with Crippen molar-refractivity contribution >= 4 is 0 Å². The fourth-order valence-electron chi connectivity index (χ4n) is 2.87. The summed E-state index contributed by atoms with van der Waals surface area (Å²) in [5.41, 5.74) is 0. The van der Waals surface area contributed by atoms with Crippen molar-refractivity contribution in [3.8, 4) is 0 Å². The van der Waals surface area contributed by atoms with Gasteiger partial charge in [0.2, 0.25) is 0 Å². The Kier molecular flexibility index (Phi) is 7.87. The quantitative estimate of drug-likeness (QED) is 0.725. The number of ether oxygens (including phenoxy) is 1. The topological polar surface area (TPSA) is 32.7 Å². The average molecular weight is 257 g/mol. The highest BCUT2D eigenvalue weighted by Crippen LogP contribution is 2.27. The Hall–Kier alpha value is -0.120. The summed E-state index contributed by atoms with van der Waals surface area (Å²) in [4.78, 5) is 2.38. The zero-order valence-corrected chi connectivity index (χ0v) is 12.4. The van der Waals surface area contributed by atoms with Gasteiger partial charge in [-0.3, -0.25) is 4.90 Å². The van der Waals surface area contributed by atoms with Crippen molar-refractivity contribution in [1.82, 2.24) is 4.90 Å². The van der Waals surface area contributed by atoms with Crippen LogP contribution in [0.2, 0.25) is 0 Å². The van der Waals surface area contributed by atoms with E-state index in [2.05, 4.69) is 18.7 Å². The number of hydrogen-bond acceptors (Lipinski definition) is 3. The van der Waals surface area contributed by atoms with Crippen molar-refractivity contribution < 1.29 is 9.84 Å². The van der Waals surface area contributed by atoms with E-state index in [9.17, 15) is 5.11 Å². The van der Waals surface area contributed by atoms with Crippen molar-refractivity contribution in [2.24, 2.45) is 5.92 Å². The van der Waals surface area contributed by atoms with E-state index in [0.29, 0.717) is 12.0 Å². The number of methoxy groups -OCH3 is 1. The third-order valence-corrected chi connectivity index (χ3v) is 4.41. The van der Waals surface area contributed by atoms with Crippen molar-refractivity contribution in [2.75, 3.05) is 26.8 Å². The molecule has 108 valence electrons. The van der Waals surface area contributed by atoms with Crippen LogP contribution in [0.5, 0.6) is 0 Å². The maximum Gasteiger partial charge on any atom is 0.0695 e. The molecule has 0 radical (unpaired) electrons. The summed E-state index contributed by atoms with van der Waals surface area (Å²) in [6.45, 7) is 6.93. The molecule has 0 aromatic rings. The second-order valence-corrected chi connectivity index (χ2v) is 5.71. The molecule has 0 aromatic carbocycles. The first-order chi connectivity index (χ1) is 8.69. The number of hydrogen-bond donors (Lipinski definition) is 1. The molecule has 0 heterocycles. The van der Waals surface area contributed by atoms with Crippen molar-refractivity contribution in [3.63, 3.8) is 0 Å². The molecule has 2 atom stereocenters. The van der Waals surface area contributed by atoms with Crippen LogP contribution in [0.25, 0.3) is 0 Å². The van der Waals surface area contributed by atoms with Crippen molar-refractivity contribution in [1.29, 1.82) is 0 Å². The summed E-state index contributed by atoms with van der Waals surface area (Å²) in [7, 11) is 1.74. The Morgan fingerprint density at radius 2 is 1.94 bits per heavy atom. The molecule has 1 aliphatic rings. The van der Waals surface area contributed by atoms with Crippen LogP contribution in [0, 0.1) is 5.92 Å². The standard InChI is InChI=1S/C15H31NO2/c1-4-13(2)16(10-11-18-3)12-15(17)14-8-6-5-7-9-14/h13-15,17H,4-12H2,1-3H3. The third-order valence-electron chi connectivity index (χ3n) is 4.41. The fourth-order valence-corrected chi connectivity index (χ4v) is 2.87. The van der Waals surface area contributed by atoms with Crippen molar-refractivity contribution in [3.05, 3.63) is 0 Å². The zero-order valence-electron chi connectivity index (χ0n) is 12.4. The number of rotatable bonds is 8. The summed E-state index contributed by atoms with van der Waals surface area (Å²) < 4.78 is 5.17. The number of aliphatic hydroxyl groups excluding tert-OH is 1. The van der Waals surface area contributed by atoms with Crippen LogP contribution >= 0.6 is 0 Å². The molecule has 0 bridgehead atoms. The van der Waals surface area contributed by atoms with Crippen LogP contribution in [0.4, 0.5) is 0 Å². The summed E-state index contributed by atoms with van der Waals surface area (Å²) in [5, 5.41) is 10.4. The first-order valence-electron chi connectivity index (χ1n) is 7.60. The van der Waals surface area contributed by atoms with Gasteiger partial charge < -0.3 is 9.84 Å². The lowest BCUT2D eigenvalue weighted by atomic mass is 9.85. The zero-order chi connectivity index (χ0) is 13.4. The first kappa shape index (κ1) is 15.9. The molecule has 1 N–H and O–H groups in total. The molecular formula is C15H31NO2. The van der Waals surface area contributed by atoms with E-state index in [1.807, 2.05) is 0 Å². The molecular weight excluding hydrogens is 226 g/mol. The van der Waals surface area contributed by atoms with E-state index in [-0.39, 0.29) is 6.10 Å². The summed E-state index contributed by atoms with van der Waals surface area (Å²) in [6, 6.07) is 0.526. The van der Waals surface area contributed by atoms with Crippen LogP contribution in [-0.2, 0) is 4.74 Å². The first-order valence-corrected chi connectivity index (χ1v) is 7.60. The van der Waals surface area contributed by atoms with Gasteiger partial charge in [0.15, 0.2) is 0 Å². The van der Waals surface area contributed by atoms with E-state index in [0.717, 1.165) is 26.1 Å². The second kappa shape index (κ2) is 8.89. The highest BCUT2D eigenvalue weighted by Gasteiger charge is 2.24. The average Bonchev–Trinajstić information content (AvgIpc) is 2.43. The highest BCUT2D eigenvalue weighted by molar-refractivity contribution is 4.78. The van der Waals surface area contributed by atoms with Gasteiger partial charge in [-0.2, -0.15) is 0 Å². The SMILES string of the molecule is CCC(C)N(CCOC)CC(O)C1CCCCC1. The van der Waals surface area contributed by atoms with E-state index in [1.165, 1.54) is 32.1 Å². The highest BCUT2D eigenvalue weighted by atomic mass is 16.5. The molecule has 1 saturated carbocycles. The van der Waals surface area contributed by atoms with Gasteiger partial charge in [-0.05, 0) is 32.1 Å². The maximum atomic E-state index is 10.4. The van der Waals surface area contributed by atoms with Gasteiger partial charge in [-0.25, -0.2) is 0 Å². The smallest absolute Gasteiger partial charge is 0.0695 e. The molecule has 3 heteroatoms. The Morgan fingerprint density at radius 1 is 1.28 bits per heavy atom. The molecule has 0 saturated heterocycles. The lowest BCUT2D eigenvalue weighted by molar-refractivity contribution is 0.0252. The van der Waals surface area contributed by atoms with Crippen LogP contribution < -0.4 is 0 Å². The molecule has 18 heavy (non-hydrogen) atoms. The van der Waals surface area contributed by atoms with Crippen LogP contribution in [0.3, 0.4) is 0 Å².